The molecule has 0 bridgehead atoms. The van der Waals surface area contributed by atoms with Crippen molar-refractivity contribution in [2.24, 2.45) is 17.8 Å². The lowest BCUT2D eigenvalue weighted by atomic mass is 9.74. The van der Waals surface area contributed by atoms with Gasteiger partial charge in [0.1, 0.15) is 11.8 Å². The molecule has 5 nitrogen and oxygen atoms in total. The lowest BCUT2D eigenvalue weighted by Crippen LogP contribution is -2.62. The van der Waals surface area contributed by atoms with Gasteiger partial charge in [0.15, 0.2) is 0 Å². The van der Waals surface area contributed by atoms with Gasteiger partial charge in [0, 0.05) is 0 Å². The van der Waals surface area contributed by atoms with E-state index in [1.807, 2.05) is 39.8 Å². The Bertz CT molecular complexity index is 594. The number of phenolic OH excluding ortho intramolecular Hbond substituents is 1. The van der Waals surface area contributed by atoms with Crippen molar-refractivity contribution in [2.75, 3.05) is 7.11 Å². The molecule has 0 saturated carbocycles. The molecule has 1 N–H and O–H groups in total. The number of esters is 1. The molecule has 1 saturated heterocycles. The molecule has 0 aliphatic carbocycles. The van der Waals surface area contributed by atoms with Crippen LogP contribution in [-0.2, 0) is 14.3 Å². The Morgan fingerprint density at radius 1 is 1.21 bits per heavy atom. The van der Waals surface area contributed by atoms with Gasteiger partial charge in [0.2, 0.25) is 5.91 Å². The van der Waals surface area contributed by atoms with Crippen LogP contribution in [0.2, 0.25) is 0 Å². The number of carbonyl (C=O) groups is 2. The summed E-state index contributed by atoms with van der Waals surface area (Å²) < 4.78 is 4.94. The van der Waals surface area contributed by atoms with Gasteiger partial charge in [-0.25, -0.2) is 4.79 Å². The zero-order valence-electron chi connectivity index (χ0n) is 15.0. The van der Waals surface area contributed by atoms with Crippen LogP contribution in [0.4, 0.5) is 0 Å². The van der Waals surface area contributed by atoms with E-state index in [0.29, 0.717) is 6.42 Å². The maximum absolute atomic E-state index is 12.8. The summed E-state index contributed by atoms with van der Waals surface area (Å²) in [6.07, 6.45) is 0.567. The molecule has 2 rings (SSSR count). The zero-order valence-corrected chi connectivity index (χ0v) is 15.0. The number of carbonyl (C=O) groups excluding carboxylic acids is 2. The normalized spacial score (nSPS) is 21.8. The third-order valence-corrected chi connectivity index (χ3v) is 4.64. The molecule has 1 heterocycles. The quantitative estimate of drug-likeness (QED) is 0.641. The van der Waals surface area contributed by atoms with E-state index < -0.39 is 6.04 Å². The Morgan fingerprint density at radius 2 is 1.79 bits per heavy atom. The number of rotatable bonds is 6. The Labute approximate surface area is 143 Å². The van der Waals surface area contributed by atoms with Gasteiger partial charge in [-0.1, -0.05) is 39.8 Å². The average molecular weight is 333 g/mol. The summed E-state index contributed by atoms with van der Waals surface area (Å²) in [5, 5.41) is 9.52. The van der Waals surface area contributed by atoms with Gasteiger partial charge >= 0.3 is 5.97 Å². The molecule has 0 radical (unpaired) electrons. The van der Waals surface area contributed by atoms with E-state index in [1.54, 1.807) is 17.0 Å². The van der Waals surface area contributed by atoms with Crippen molar-refractivity contribution < 1.29 is 19.4 Å². The molecular formula is C19H27NO4. The number of hydrogen-bond donors (Lipinski definition) is 1. The van der Waals surface area contributed by atoms with Crippen molar-refractivity contribution in [1.82, 2.24) is 4.90 Å². The highest BCUT2D eigenvalue weighted by atomic mass is 16.5. The number of aromatic hydroxyl groups is 1. The summed E-state index contributed by atoms with van der Waals surface area (Å²) >= 11 is 0. The first kappa shape index (κ1) is 18.3. The van der Waals surface area contributed by atoms with Crippen LogP contribution in [0.5, 0.6) is 5.75 Å². The Morgan fingerprint density at radius 3 is 2.25 bits per heavy atom. The van der Waals surface area contributed by atoms with Crippen molar-refractivity contribution in [1.29, 1.82) is 0 Å². The number of β-lactam (4-membered cyclic amide) rings is 1. The number of benzene rings is 1. The number of hydrogen-bond acceptors (Lipinski definition) is 4. The second-order valence-corrected chi connectivity index (χ2v) is 7.22. The highest BCUT2D eigenvalue weighted by molar-refractivity contribution is 5.91. The summed E-state index contributed by atoms with van der Waals surface area (Å²) in [6.45, 7) is 8.08. The number of likely N-dealkylation sites (tertiary alicyclic amines) is 1. The van der Waals surface area contributed by atoms with E-state index in [4.69, 9.17) is 4.74 Å². The van der Waals surface area contributed by atoms with E-state index in [1.165, 1.54) is 7.11 Å². The van der Waals surface area contributed by atoms with Crippen LogP contribution in [0.25, 0.3) is 0 Å². The second-order valence-electron chi connectivity index (χ2n) is 7.22. The van der Waals surface area contributed by atoms with Gasteiger partial charge in [-0.15, -0.1) is 0 Å². The molecule has 0 unspecified atom stereocenters. The largest absolute Gasteiger partial charge is 0.508 e. The van der Waals surface area contributed by atoms with Crippen LogP contribution in [0, 0.1) is 17.8 Å². The Kier molecular flexibility index (Phi) is 5.52. The number of phenols is 1. The third-order valence-electron chi connectivity index (χ3n) is 4.64. The SMILES string of the molecule is COC(=O)[C@H](CC(C)C)N1C(=O)[C@H](C(C)C)[C@H]1c1ccc(O)cc1. The highest BCUT2D eigenvalue weighted by Gasteiger charge is 2.53. The van der Waals surface area contributed by atoms with E-state index in [-0.39, 0.29) is 41.4 Å². The lowest BCUT2D eigenvalue weighted by Gasteiger charge is -2.52. The molecule has 24 heavy (non-hydrogen) atoms. The van der Waals surface area contributed by atoms with Crippen LogP contribution in [-0.4, -0.2) is 35.0 Å². The highest BCUT2D eigenvalue weighted by Crippen LogP contribution is 2.46. The van der Waals surface area contributed by atoms with Crippen molar-refractivity contribution in [3.8, 4) is 5.75 Å². The van der Waals surface area contributed by atoms with Crippen molar-refractivity contribution in [3.05, 3.63) is 29.8 Å². The van der Waals surface area contributed by atoms with E-state index >= 15 is 0 Å². The van der Waals surface area contributed by atoms with Crippen molar-refractivity contribution in [3.63, 3.8) is 0 Å². The van der Waals surface area contributed by atoms with Gasteiger partial charge in [0.25, 0.3) is 0 Å². The molecule has 1 aliphatic heterocycles. The average Bonchev–Trinajstić information content (AvgIpc) is 2.51. The molecule has 0 spiro atoms. The number of amides is 1. The molecule has 3 atom stereocenters. The number of methoxy groups -OCH3 is 1. The fraction of sp³-hybridized carbons (Fsp3) is 0.579. The Hall–Kier alpha value is -2.04. The van der Waals surface area contributed by atoms with Crippen LogP contribution in [0.1, 0.15) is 45.7 Å². The first-order chi connectivity index (χ1) is 11.3. The summed E-state index contributed by atoms with van der Waals surface area (Å²) in [7, 11) is 1.36. The third kappa shape index (κ3) is 3.40. The maximum atomic E-state index is 12.8. The van der Waals surface area contributed by atoms with Crippen LogP contribution >= 0.6 is 0 Å². The van der Waals surface area contributed by atoms with Gasteiger partial charge in [-0.2, -0.15) is 0 Å². The van der Waals surface area contributed by atoms with Crippen molar-refractivity contribution in [2.45, 2.75) is 46.2 Å². The van der Waals surface area contributed by atoms with Crippen molar-refractivity contribution >= 4 is 11.9 Å². The monoisotopic (exact) mass is 333 g/mol. The second kappa shape index (κ2) is 7.24. The fourth-order valence-electron chi connectivity index (χ4n) is 3.48. The standard InChI is InChI=1S/C19H27NO4/c1-11(2)10-15(19(23)24-5)20-17(16(12(3)4)18(20)22)13-6-8-14(21)9-7-13/h6-9,11-12,15-17,21H,10H2,1-5H3/t15-,16+,17+/m0/s1. The van der Waals surface area contributed by atoms with Gasteiger partial charge in [0.05, 0.1) is 19.1 Å². The number of ether oxygens (including phenoxy) is 1. The van der Waals surface area contributed by atoms with Crippen LogP contribution in [0.15, 0.2) is 24.3 Å². The minimum absolute atomic E-state index is 0.000810. The molecule has 132 valence electrons. The topological polar surface area (TPSA) is 66.8 Å². The van der Waals surface area contributed by atoms with Gasteiger partial charge < -0.3 is 14.7 Å². The smallest absolute Gasteiger partial charge is 0.328 e. The minimum atomic E-state index is -0.573. The predicted molar refractivity (Wildman–Crippen MR) is 91.3 cm³/mol. The molecule has 1 aromatic rings. The van der Waals surface area contributed by atoms with E-state index in [0.717, 1.165) is 5.56 Å². The molecule has 0 aromatic heterocycles. The minimum Gasteiger partial charge on any atom is -0.508 e. The lowest BCUT2D eigenvalue weighted by molar-refractivity contribution is -0.175. The summed E-state index contributed by atoms with van der Waals surface area (Å²) in [5.41, 5.74) is 0.934. The summed E-state index contributed by atoms with van der Waals surface area (Å²) in [5.74, 6) is 0.0881. The van der Waals surface area contributed by atoms with Gasteiger partial charge in [-0.3, -0.25) is 4.79 Å². The van der Waals surface area contributed by atoms with Crippen LogP contribution in [0.3, 0.4) is 0 Å². The zero-order chi connectivity index (χ0) is 18.0. The van der Waals surface area contributed by atoms with E-state index in [9.17, 15) is 14.7 Å². The molecular weight excluding hydrogens is 306 g/mol. The summed E-state index contributed by atoms with van der Waals surface area (Å²) in [4.78, 5) is 26.7. The number of nitrogens with zero attached hydrogens (tertiary/aromatic N) is 1. The first-order valence-electron chi connectivity index (χ1n) is 8.46. The first-order valence-corrected chi connectivity index (χ1v) is 8.46. The molecule has 1 aromatic carbocycles. The molecule has 5 heteroatoms. The predicted octanol–water partition coefficient (Wildman–Crippen LogP) is 3.14. The van der Waals surface area contributed by atoms with E-state index in [2.05, 4.69) is 0 Å². The fourth-order valence-corrected chi connectivity index (χ4v) is 3.48. The van der Waals surface area contributed by atoms with Crippen LogP contribution < -0.4 is 0 Å². The summed E-state index contributed by atoms with van der Waals surface area (Å²) in [6, 6.07) is 6.13. The molecule has 1 aliphatic rings. The molecule has 1 fully saturated rings. The van der Waals surface area contributed by atoms with Gasteiger partial charge in [-0.05, 0) is 36.0 Å². The molecule has 1 amide bonds. The maximum Gasteiger partial charge on any atom is 0.328 e. The Balaban J connectivity index is 2.39.